The topological polar surface area (TPSA) is 107 Å². The van der Waals surface area contributed by atoms with E-state index in [4.69, 9.17) is 4.98 Å². The van der Waals surface area contributed by atoms with Gasteiger partial charge >= 0.3 is 0 Å². The number of aromatic amines is 1. The van der Waals surface area contributed by atoms with Crippen LogP contribution in [0.3, 0.4) is 0 Å². The van der Waals surface area contributed by atoms with Crippen LogP contribution in [-0.4, -0.2) is 53.9 Å². The van der Waals surface area contributed by atoms with Crippen molar-refractivity contribution in [2.75, 3.05) is 23.3 Å². The molecule has 0 atom stereocenters. The van der Waals surface area contributed by atoms with Crippen molar-refractivity contribution in [2.24, 2.45) is 0 Å². The molecule has 0 amide bonds. The number of piperidine rings is 1. The maximum atomic E-state index is 9.77. The van der Waals surface area contributed by atoms with Gasteiger partial charge in [0, 0.05) is 13.1 Å². The first kappa shape index (κ1) is 17.4. The number of imidazole rings is 1. The van der Waals surface area contributed by atoms with E-state index in [9.17, 15) is 5.11 Å². The van der Waals surface area contributed by atoms with Crippen molar-refractivity contribution in [2.45, 2.75) is 25.5 Å². The normalized spacial score (nSPS) is 15.6. The summed E-state index contributed by atoms with van der Waals surface area (Å²) in [5.41, 5.74) is 2.63. The van der Waals surface area contributed by atoms with E-state index >= 15 is 0 Å². The smallest absolute Gasteiger partial charge is 0.230 e. The Labute approximate surface area is 168 Å². The van der Waals surface area contributed by atoms with Crippen LogP contribution in [0.5, 0.6) is 0 Å². The second-order valence-electron chi connectivity index (χ2n) is 6.85. The molecule has 3 N–H and O–H groups in total. The fourth-order valence-corrected chi connectivity index (χ4v) is 3.76. The molecule has 0 aliphatic carbocycles. The zero-order valence-corrected chi connectivity index (χ0v) is 16.6. The molecule has 1 aromatic carbocycles. The quantitative estimate of drug-likeness (QED) is 0.445. The zero-order chi connectivity index (χ0) is 19.1. The van der Waals surface area contributed by atoms with Crippen molar-refractivity contribution in [1.29, 1.82) is 0 Å². The Morgan fingerprint density at radius 3 is 2.82 bits per heavy atom. The minimum atomic E-state index is -0.243. The molecule has 28 heavy (non-hydrogen) atoms. The lowest BCUT2D eigenvalue weighted by molar-refractivity contribution is 0.145. The highest BCUT2D eigenvalue weighted by atomic mass is 79.9. The van der Waals surface area contributed by atoms with E-state index in [1.165, 1.54) is 0 Å². The zero-order valence-electron chi connectivity index (χ0n) is 15.0. The summed E-state index contributed by atoms with van der Waals surface area (Å²) in [5, 5.41) is 17.5. The average Bonchev–Trinajstić information content (AvgIpc) is 3.30. The molecule has 5 rings (SSSR count). The largest absolute Gasteiger partial charge is 0.393 e. The number of rotatable bonds is 4. The molecular formula is C18H19BrN8O. The number of aliphatic hydroxyl groups excluding tert-OH is 1. The van der Waals surface area contributed by atoms with Gasteiger partial charge in [-0.15, -0.1) is 0 Å². The predicted octanol–water partition coefficient (Wildman–Crippen LogP) is 2.34. The van der Waals surface area contributed by atoms with Crippen molar-refractivity contribution in [3.05, 3.63) is 40.8 Å². The van der Waals surface area contributed by atoms with Gasteiger partial charge in [-0.1, -0.05) is 12.1 Å². The number of anilines is 2. The lowest BCUT2D eigenvalue weighted by Gasteiger charge is -2.29. The summed E-state index contributed by atoms with van der Waals surface area (Å²) >= 11 is 3.51. The van der Waals surface area contributed by atoms with Gasteiger partial charge in [-0.05, 0) is 40.9 Å². The fraction of sp³-hybridized carbons (Fsp3) is 0.333. The highest BCUT2D eigenvalue weighted by molar-refractivity contribution is 9.10. The predicted molar refractivity (Wildman–Crippen MR) is 109 cm³/mol. The summed E-state index contributed by atoms with van der Waals surface area (Å²) in [5.74, 6) is 2.05. The van der Waals surface area contributed by atoms with Crippen LogP contribution in [0.15, 0.2) is 34.9 Å². The van der Waals surface area contributed by atoms with E-state index in [1.54, 1.807) is 10.7 Å². The van der Waals surface area contributed by atoms with E-state index in [2.05, 4.69) is 46.2 Å². The maximum absolute atomic E-state index is 9.77. The first-order chi connectivity index (χ1) is 13.7. The molecule has 0 saturated carbocycles. The summed E-state index contributed by atoms with van der Waals surface area (Å²) in [6.07, 6.45) is 2.90. The number of H-pyrrole nitrogens is 1. The van der Waals surface area contributed by atoms with Crippen molar-refractivity contribution in [3.8, 4) is 0 Å². The third-order valence-electron chi connectivity index (χ3n) is 4.91. The van der Waals surface area contributed by atoms with Crippen LogP contribution in [0.2, 0.25) is 0 Å². The second kappa shape index (κ2) is 7.02. The van der Waals surface area contributed by atoms with Crippen LogP contribution < -0.4 is 10.2 Å². The summed E-state index contributed by atoms with van der Waals surface area (Å²) in [6.45, 7) is 1.94. The Balaban J connectivity index is 1.45. The minimum absolute atomic E-state index is 0.243. The number of nitrogens with zero attached hydrogens (tertiary/aromatic N) is 6. The minimum Gasteiger partial charge on any atom is -0.393 e. The van der Waals surface area contributed by atoms with Crippen molar-refractivity contribution in [3.63, 3.8) is 0 Å². The molecule has 1 fully saturated rings. The number of benzene rings is 1. The monoisotopic (exact) mass is 442 g/mol. The second-order valence-corrected chi connectivity index (χ2v) is 7.70. The third-order valence-corrected chi connectivity index (χ3v) is 5.47. The van der Waals surface area contributed by atoms with Gasteiger partial charge < -0.3 is 20.3 Å². The number of para-hydroxylation sites is 2. The Morgan fingerprint density at radius 2 is 2.00 bits per heavy atom. The molecular weight excluding hydrogens is 424 g/mol. The number of fused-ring (bicyclic) bond motifs is 2. The van der Waals surface area contributed by atoms with Gasteiger partial charge in [0.25, 0.3) is 0 Å². The van der Waals surface area contributed by atoms with Gasteiger partial charge in [-0.3, -0.25) is 0 Å². The van der Waals surface area contributed by atoms with E-state index in [0.717, 1.165) is 47.3 Å². The molecule has 0 unspecified atom stereocenters. The molecule has 1 aliphatic rings. The highest BCUT2D eigenvalue weighted by Gasteiger charge is 2.21. The molecule has 0 radical (unpaired) electrons. The molecule has 9 nitrogen and oxygen atoms in total. The molecule has 0 bridgehead atoms. The van der Waals surface area contributed by atoms with Gasteiger partial charge in [0.2, 0.25) is 11.9 Å². The van der Waals surface area contributed by atoms with E-state index in [1.807, 2.05) is 24.3 Å². The van der Waals surface area contributed by atoms with E-state index in [-0.39, 0.29) is 6.10 Å². The van der Waals surface area contributed by atoms with Gasteiger partial charge in [0.05, 0.1) is 34.4 Å². The molecule has 1 saturated heterocycles. The summed E-state index contributed by atoms with van der Waals surface area (Å²) in [7, 11) is 0. The number of nitrogens with one attached hydrogen (secondary N) is 2. The molecule has 4 heterocycles. The van der Waals surface area contributed by atoms with Crippen LogP contribution in [-0.2, 0) is 6.54 Å². The van der Waals surface area contributed by atoms with Crippen LogP contribution in [0.25, 0.3) is 16.7 Å². The van der Waals surface area contributed by atoms with Gasteiger partial charge in [0.1, 0.15) is 5.82 Å². The number of aliphatic hydroxyl groups is 1. The third kappa shape index (κ3) is 3.18. The van der Waals surface area contributed by atoms with Crippen molar-refractivity contribution in [1.82, 2.24) is 29.5 Å². The first-order valence-electron chi connectivity index (χ1n) is 9.19. The Kier molecular flexibility index (Phi) is 4.36. The number of hydrogen-bond acceptors (Lipinski definition) is 7. The molecule has 3 aromatic heterocycles. The number of hydrogen-bond donors (Lipinski definition) is 3. The molecule has 0 spiro atoms. The number of aromatic nitrogens is 6. The van der Waals surface area contributed by atoms with Crippen LogP contribution in [0, 0.1) is 0 Å². The lowest BCUT2D eigenvalue weighted by atomic mass is 10.1. The van der Waals surface area contributed by atoms with E-state index in [0.29, 0.717) is 24.1 Å². The summed E-state index contributed by atoms with van der Waals surface area (Å²) in [4.78, 5) is 19.3. The Bertz CT molecular complexity index is 1100. The van der Waals surface area contributed by atoms with Crippen LogP contribution >= 0.6 is 15.9 Å². The van der Waals surface area contributed by atoms with Crippen LogP contribution in [0.1, 0.15) is 18.7 Å². The van der Waals surface area contributed by atoms with Gasteiger partial charge in [-0.2, -0.15) is 19.6 Å². The molecule has 1 aliphatic heterocycles. The SMILES string of the molecule is OC1CCN(c2nc(NCc3nc4ccccc4[nH]3)n3ncc(Br)c3n2)CC1. The Hall–Kier alpha value is -2.72. The Morgan fingerprint density at radius 1 is 1.18 bits per heavy atom. The average molecular weight is 443 g/mol. The maximum Gasteiger partial charge on any atom is 0.230 e. The standard InChI is InChI=1S/C18H19BrN8O/c19-12-9-21-27-16(12)24-18(26-7-5-11(28)6-8-26)25-17(27)20-10-15-22-13-3-1-2-4-14(13)23-15/h1-4,9,11,28H,5-8,10H2,(H,22,23)(H,20,24,25). The fourth-order valence-electron chi connectivity index (χ4n) is 3.41. The summed E-state index contributed by atoms with van der Waals surface area (Å²) < 4.78 is 2.48. The van der Waals surface area contributed by atoms with E-state index < -0.39 is 0 Å². The highest BCUT2D eigenvalue weighted by Crippen LogP contribution is 2.24. The number of halogens is 1. The lowest BCUT2D eigenvalue weighted by Crippen LogP contribution is -2.37. The molecule has 10 heteroatoms. The molecule has 144 valence electrons. The van der Waals surface area contributed by atoms with Crippen molar-refractivity contribution >= 4 is 44.5 Å². The van der Waals surface area contributed by atoms with Crippen LogP contribution in [0.4, 0.5) is 11.9 Å². The molecule has 4 aromatic rings. The summed E-state index contributed by atoms with van der Waals surface area (Å²) in [6, 6.07) is 7.93. The van der Waals surface area contributed by atoms with Gasteiger partial charge in [-0.25, -0.2) is 4.98 Å². The van der Waals surface area contributed by atoms with Crippen molar-refractivity contribution < 1.29 is 5.11 Å². The van der Waals surface area contributed by atoms with Gasteiger partial charge in [0.15, 0.2) is 5.65 Å². The first-order valence-corrected chi connectivity index (χ1v) is 9.98.